The Hall–Kier alpha value is -1.10. The average Bonchev–Trinajstić information content (AvgIpc) is 2.09. The van der Waals surface area contributed by atoms with E-state index in [1.807, 2.05) is 0 Å². The first kappa shape index (κ1) is 9.98. The van der Waals surface area contributed by atoms with E-state index in [1.54, 1.807) is 0 Å². The lowest BCUT2D eigenvalue weighted by atomic mass is 9.73. The van der Waals surface area contributed by atoms with Gasteiger partial charge in [-0.05, 0) is 12.8 Å². The second-order valence-electron chi connectivity index (χ2n) is 3.20. The summed E-state index contributed by atoms with van der Waals surface area (Å²) >= 11 is 0. The molecule has 0 aromatic rings. The van der Waals surface area contributed by atoms with Crippen LogP contribution in [-0.4, -0.2) is 35.7 Å². The molecule has 5 heteroatoms. The lowest BCUT2D eigenvalue weighted by molar-refractivity contribution is -0.165. The molecular weight excluding hydrogens is 174 g/mol. The lowest BCUT2D eigenvalue weighted by Gasteiger charge is -2.43. The Bertz CT molecular complexity index is 240. The average molecular weight is 187 g/mol. The zero-order valence-electron chi connectivity index (χ0n) is 7.66. The van der Waals surface area contributed by atoms with Gasteiger partial charge in [0.1, 0.15) is 0 Å². The molecule has 0 aromatic heterocycles. The van der Waals surface area contributed by atoms with Gasteiger partial charge in [0.25, 0.3) is 0 Å². The highest BCUT2D eigenvalue weighted by Crippen LogP contribution is 2.33. The fourth-order valence-electron chi connectivity index (χ4n) is 1.49. The van der Waals surface area contributed by atoms with Crippen LogP contribution in [0.1, 0.15) is 19.8 Å². The number of carbonyl (C=O) groups is 2. The van der Waals surface area contributed by atoms with Crippen molar-refractivity contribution < 1.29 is 19.4 Å². The van der Waals surface area contributed by atoms with Gasteiger partial charge in [-0.1, -0.05) is 0 Å². The number of carbonyl (C=O) groups excluding carboxylic acids is 2. The fraction of sp³-hybridized carbons (Fsp3) is 0.750. The monoisotopic (exact) mass is 187 g/mol. The third-order valence-corrected chi connectivity index (χ3v) is 2.33. The summed E-state index contributed by atoms with van der Waals surface area (Å²) < 4.78 is 4.52. The molecule has 0 aromatic carbocycles. The molecule has 2 atom stereocenters. The minimum absolute atomic E-state index is 0.343. The van der Waals surface area contributed by atoms with Crippen LogP contribution in [0, 0.1) is 0 Å². The quantitative estimate of drug-likeness (QED) is 0.554. The molecule has 0 radical (unpaired) electrons. The van der Waals surface area contributed by atoms with Crippen LogP contribution in [0.5, 0.6) is 0 Å². The highest BCUT2D eigenvalue weighted by atomic mass is 16.5. The molecule has 1 aliphatic carbocycles. The van der Waals surface area contributed by atoms with Crippen molar-refractivity contribution >= 4 is 11.9 Å². The molecule has 5 nitrogen and oxygen atoms in total. The number of amides is 1. The number of methoxy groups -OCH3 is 1. The number of ether oxygens (including phenoxy) is 1. The van der Waals surface area contributed by atoms with Gasteiger partial charge in [0.2, 0.25) is 5.91 Å². The van der Waals surface area contributed by atoms with Crippen molar-refractivity contribution in [3.05, 3.63) is 0 Å². The van der Waals surface area contributed by atoms with Gasteiger partial charge < -0.3 is 15.2 Å². The third kappa shape index (κ3) is 1.51. The Morgan fingerprint density at radius 3 is 2.46 bits per heavy atom. The molecule has 74 valence electrons. The second-order valence-corrected chi connectivity index (χ2v) is 3.20. The van der Waals surface area contributed by atoms with Crippen LogP contribution in [0.3, 0.4) is 0 Å². The fourth-order valence-corrected chi connectivity index (χ4v) is 1.49. The molecule has 2 N–H and O–H groups in total. The maximum atomic E-state index is 11.3. The van der Waals surface area contributed by atoms with E-state index in [4.69, 9.17) is 0 Å². The Kier molecular flexibility index (Phi) is 2.56. The number of aliphatic hydroxyl groups excluding tert-OH is 1. The third-order valence-electron chi connectivity index (χ3n) is 2.33. The van der Waals surface area contributed by atoms with Gasteiger partial charge >= 0.3 is 5.97 Å². The molecule has 13 heavy (non-hydrogen) atoms. The van der Waals surface area contributed by atoms with Crippen molar-refractivity contribution in [2.45, 2.75) is 31.4 Å². The Morgan fingerprint density at radius 1 is 1.62 bits per heavy atom. The van der Waals surface area contributed by atoms with Crippen molar-refractivity contribution in [3.63, 3.8) is 0 Å². The molecule has 0 spiro atoms. The molecule has 0 aliphatic heterocycles. The smallest absolute Gasteiger partial charge is 0.334 e. The summed E-state index contributed by atoms with van der Waals surface area (Å²) in [6.07, 6.45) is 0.111. The Labute approximate surface area is 76.1 Å². The van der Waals surface area contributed by atoms with E-state index in [2.05, 4.69) is 10.1 Å². The molecule has 1 amide bonds. The zero-order chi connectivity index (χ0) is 10.1. The van der Waals surface area contributed by atoms with Gasteiger partial charge in [0.15, 0.2) is 5.54 Å². The molecule has 0 heterocycles. The van der Waals surface area contributed by atoms with Crippen LogP contribution in [0.25, 0.3) is 0 Å². The minimum Gasteiger partial charge on any atom is -0.467 e. The highest BCUT2D eigenvalue weighted by Gasteiger charge is 2.54. The normalized spacial score (nSPS) is 31.8. The predicted octanol–water partition coefficient (Wildman–Crippen LogP) is -0.811. The number of rotatable bonds is 2. The van der Waals surface area contributed by atoms with Crippen LogP contribution in [0.15, 0.2) is 0 Å². The standard InChI is InChI=1S/C8H13NO4/c1-5(10)9-8(7(12)13-2)4-3-6(8)11/h6,11H,3-4H2,1-2H3,(H,9,10). The van der Waals surface area contributed by atoms with Crippen molar-refractivity contribution in [3.8, 4) is 0 Å². The highest BCUT2D eigenvalue weighted by molar-refractivity contribution is 5.88. The molecule has 2 unspecified atom stereocenters. The molecule has 1 rings (SSSR count). The van der Waals surface area contributed by atoms with E-state index < -0.39 is 17.6 Å². The van der Waals surface area contributed by atoms with Gasteiger partial charge in [-0.15, -0.1) is 0 Å². The molecule has 1 fully saturated rings. The molecule has 1 aliphatic rings. The van der Waals surface area contributed by atoms with E-state index in [-0.39, 0.29) is 5.91 Å². The second kappa shape index (κ2) is 3.33. The van der Waals surface area contributed by atoms with Crippen molar-refractivity contribution in [1.29, 1.82) is 0 Å². The first-order valence-corrected chi connectivity index (χ1v) is 4.08. The van der Waals surface area contributed by atoms with E-state index in [9.17, 15) is 14.7 Å². The number of hydrogen-bond donors (Lipinski definition) is 2. The SMILES string of the molecule is COC(=O)C1(NC(C)=O)CCC1O. The number of nitrogens with one attached hydrogen (secondary N) is 1. The predicted molar refractivity (Wildman–Crippen MR) is 43.8 cm³/mol. The number of esters is 1. The van der Waals surface area contributed by atoms with Crippen LogP contribution < -0.4 is 5.32 Å². The van der Waals surface area contributed by atoms with E-state index in [0.29, 0.717) is 12.8 Å². The number of aliphatic hydroxyl groups is 1. The van der Waals surface area contributed by atoms with Crippen LogP contribution in [-0.2, 0) is 14.3 Å². The number of hydrogen-bond acceptors (Lipinski definition) is 4. The first-order valence-electron chi connectivity index (χ1n) is 4.08. The Balaban J connectivity index is 2.76. The van der Waals surface area contributed by atoms with Gasteiger partial charge in [-0.25, -0.2) is 4.79 Å². The minimum atomic E-state index is -1.19. The molecule has 1 saturated carbocycles. The summed E-state index contributed by atoms with van der Waals surface area (Å²) in [5.74, 6) is -0.925. The lowest BCUT2D eigenvalue weighted by Crippen LogP contribution is -2.68. The van der Waals surface area contributed by atoms with Crippen LogP contribution in [0.2, 0.25) is 0 Å². The summed E-state index contributed by atoms with van der Waals surface area (Å²) in [4.78, 5) is 22.1. The summed E-state index contributed by atoms with van der Waals surface area (Å²) in [5, 5.41) is 11.8. The summed E-state index contributed by atoms with van der Waals surface area (Å²) in [6.45, 7) is 1.30. The van der Waals surface area contributed by atoms with Crippen LogP contribution in [0.4, 0.5) is 0 Å². The summed E-state index contributed by atoms with van der Waals surface area (Å²) in [6, 6.07) is 0. The molecular formula is C8H13NO4. The largest absolute Gasteiger partial charge is 0.467 e. The maximum absolute atomic E-state index is 11.3. The van der Waals surface area contributed by atoms with Gasteiger partial charge in [0.05, 0.1) is 13.2 Å². The topological polar surface area (TPSA) is 75.6 Å². The van der Waals surface area contributed by atoms with Gasteiger partial charge in [-0.2, -0.15) is 0 Å². The molecule has 0 saturated heterocycles. The van der Waals surface area contributed by atoms with Crippen molar-refractivity contribution in [2.24, 2.45) is 0 Å². The summed E-state index contributed by atoms with van der Waals surface area (Å²) in [5.41, 5.74) is -1.19. The van der Waals surface area contributed by atoms with Gasteiger partial charge in [0, 0.05) is 6.92 Å². The van der Waals surface area contributed by atoms with Crippen molar-refractivity contribution in [2.75, 3.05) is 7.11 Å². The molecule has 0 bridgehead atoms. The first-order chi connectivity index (χ1) is 6.03. The van der Waals surface area contributed by atoms with E-state index >= 15 is 0 Å². The Morgan fingerprint density at radius 2 is 2.23 bits per heavy atom. The van der Waals surface area contributed by atoms with Crippen LogP contribution >= 0.6 is 0 Å². The van der Waals surface area contributed by atoms with E-state index in [0.717, 1.165) is 0 Å². The van der Waals surface area contributed by atoms with E-state index in [1.165, 1.54) is 14.0 Å². The zero-order valence-corrected chi connectivity index (χ0v) is 7.66. The van der Waals surface area contributed by atoms with Gasteiger partial charge in [-0.3, -0.25) is 4.79 Å². The summed E-state index contributed by atoms with van der Waals surface area (Å²) in [7, 11) is 1.23. The van der Waals surface area contributed by atoms with Crippen molar-refractivity contribution in [1.82, 2.24) is 5.32 Å². The maximum Gasteiger partial charge on any atom is 0.334 e.